The molecule has 0 saturated heterocycles. The minimum Gasteiger partial charge on any atom is -0.493 e. The summed E-state index contributed by atoms with van der Waals surface area (Å²) in [6.07, 6.45) is 1.33. The molecule has 2 aliphatic heterocycles. The number of thioether (sulfide) groups is 1. The fourth-order valence-electron chi connectivity index (χ4n) is 3.19. The Hall–Kier alpha value is -2.52. The Labute approximate surface area is 174 Å². The number of ether oxygens (including phenoxy) is 2. The number of methoxy groups -OCH3 is 2. The molecule has 7 nitrogen and oxygen atoms in total. The molecule has 0 fully saturated rings. The number of hydrogen-bond acceptors (Lipinski definition) is 7. The minimum atomic E-state index is -0.535. The summed E-state index contributed by atoms with van der Waals surface area (Å²) in [5.41, 5.74) is 1.28. The van der Waals surface area contributed by atoms with Crippen molar-refractivity contribution in [1.29, 1.82) is 0 Å². The third-order valence-electron chi connectivity index (χ3n) is 4.49. The van der Waals surface area contributed by atoms with Gasteiger partial charge in [-0.05, 0) is 24.5 Å². The Balaban J connectivity index is 1.98. The highest BCUT2D eigenvalue weighted by molar-refractivity contribution is 9.10. The maximum atomic E-state index is 12.9. The van der Waals surface area contributed by atoms with Crippen LogP contribution in [0.2, 0.25) is 0 Å². The van der Waals surface area contributed by atoms with Crippen molar-refractivity contribution in [3.05, 3.63) is 57.0 Å². The van der Waals surface area contributed by atoms with Gasteiger partial charge in [-0.2, -0.15) is 0 Å². The van der Waals surface area contributed by atoms with E-state index in [1.165, 1.54) is 11.8 Å². The van der Waals surface area contributed by atoms with Gasteiger partial charge in [0.2, 0.25) is 0 Å². The van der Waals surface area contributed by atoms with Gasteiger partial charge in [-0.25, -0.2) is 5.01 Å². The molecule has 0 aromatic heterocycles. The first kappa shape index (κ1) is 18.8. The molecule has 2 aliphatic rings. The third-order valence-corrected chi connectivity index (χ3v) is 5.75. The summed E-state index contributed by atoms with van der Waals surface area (Å²) in [5.74, 6) is 0.971. The predicted octanol–water partition coefficient (Wildman–Crippen LogP) is 1.97. The van der Waals surface area contributed by atoms with E-state index in [1.54, 1.807) is 19.2 Å². The molecule has 144 valence electrons. The van der Waals surface area contributed by atoms with Crippen LogP contribution in [0.5, 0.6) is 11.5 Å². The smallest absolute Gasteiger partial charge is 0.276 e. The normalized spacial score (nSPS) is 17.8. The number of carbonyl (C=O) groups excluding carboxylic acids is 1. The Morgan fingerprint density at radius 2 is 1.89 bits per heavy atom. The Kier molecular flexibility index (Phi) is 5.03. The summed E-state index contributed by atoms with van der Waals surface area (Å²) >= 11 is 4.97. The Bertz CT molecular complexity index is 1120. The van der Waals surface area contributed by atoms with Crippen LogP contribution in [-0.2, 0) is 4.79 Å². The number of hydrazone groups is 1. The van der Waals surface area contributed by atoms with Crippen LogP contribution in [-0.4, -0.2) is 36.6 Å². The number of nitrogens with zero attached hydrogens (tertiary/aromatic N) is 3. The van der Waals surface area contributed by atoms with Crippen LogP contribution < -0.4 is 25.4 Å². The molecular formula is C19H17BrN4O3S. The van der Waals surface area contributed by atoms with Crippen LogP contribution >= 0.6 is 27.7 Å². The largest absolute Gasteiger partial charge is 0.493 e. The molecule has 0 spiro atoms. The number of hydrogen-bond donors (Lipinski definition) is 1. The molecule has 4 rings (SSSR count). The number of amides is 1. The van der Waals surface area contributed by atoms with Crippen LogP contribution in [0.4, 0.5) is 0 Å². The molecular weight excluding hydrogens is 444 g/mol. The van der Waals surface area contributed by atoms with E-state index in [0.29, 0.717) is 22.4 Å². The van der Waals surface area contributed by atoms with Crippen molar-refractivity contribution in [2.24, 2.45) is 10.1 Å². The van der Waals surface area contributed by atoms with Crippen LogP contribution in [0.3, 0.4) is 0 Å². The second kappa shape index (κ2) is 7.48. The van der Waals surface area contributed by atoms with Gasteiger partial charge >= 0.3 is 0 Å². The molecule has 0 radical (unpaired) electrons. The van der Waals surface area contributed by atoms with E-state index in [1.807, 2.05) is 42.7 Å². The average molecular weight is 461 g/mol. The van der Waals surface area contributed by atoms with Gasteiger partial charge in [0.25, 0.3) is 5.91 Å². The highest BCUT2D eigenvalue weighted by Gasteiger charge is 2.35. The van der Waals surface area contributed by atoms with Crippen LogP contribution in [0.15, 0.2) is 51.0 Å². The fraction of sp³-hybridized carbons (Fsp3) is 0.211. The Morgan fingerprint density at radius 1 is 1.18 bits per heavy atom. The number of rotatable bonds is 3. The van der Waals surface area contributed by atoms with Crippen molar-refractivity contribution < 1.29 is 14.3 Å². The quantitative estimate of drug-likeness (QED) is 0.757. The van der Waals surface area contributed by atoms with Gasteiger partial charge < -0.3 is 9.47 Å². The third kappa shape index (κ3) is 3.04. The van der Waals surface area contributed by atoms with Gasteiger partial charge in [0.1, 0.15) is 5.70 Å². The number of nitrogens with one attached hydrogen (secondary N) is 1. The first-order valence-corrected chi connectivity index (χ1v) is 10.4. The zero-order chi connectivity index (χ0) is 19.8. The van der Waals surface area contributed by atoms with Crippen LogP contribution in [0.1, 0.15) is 11.7 Å². The molecule has 0 saturated carbocycles. The summed E-state index contributed by atoms with van der Waals surface area (Å²) in [6.45, 7) is 0. The zero-order valence-corrected chi connectivity index (χ0v) is 17.8. The van der Waals surface area contributed by atoms with E-state index in [9.17, 15) is 4.79 Å². The first-order chi connectivity index (χ1) is 13.6. The molecule has 1 amide bonds. The number of carbonyl (C=O) groups is 1. The van der Waals surface area contributed by atoms with Crippen molar-refractivity contribution in [2.75, 3.05) is 20.5 Å². The van der Waals surface area contributed by atoms with Crippen molar-refractivity contribution in [3.63, 3.8) is 0 Å². The number of halogens is 1. The average Bonchev–Trinajstić information content (AvgIpc) is 2.72. The molecule has 1 atom stereocenters. The lowest BCUT2D eigenvalue weighted by atomic mass is 10.1. The van der Waals surface area contributed by atoms with Crippen molar-refractivity contribution in [2.45, 2.75) is 6.17 Å². The van der Waals surface area contributed by atoms with E-state index in [4.69, 9.17) is 14.5 Å². The van der Waals surface area contributed by atoms with Gasteiger partial charge in [-0.3, -0.25) is 15.1 Å². The maximum absolute atomic E-state index is 12.9. The Morgan fingerprint density at radius 3 is 2.61 bits per heavy atom. The second-order valence-corrected chi connectivity index (χ2v) is 7.65. The fourth-order valence-corrected chi connectivity index (χ4v) is 4.08. The highest BCUT2D eigenvalue weighted by Crippen LogP contribution is 2.40. The summed E-state index contributed by atoms with van der Waals surface area (Å²) in [5, 5.41) is 11.1. The lowest BCUT2D eigenvalue weighted by molar-refractivity contribution is -0.116. The molecule has 0 aliphatic carbocycles. The minimum absolute atomic E-state index is 0.205. The van der Waals surface area contributed by atoms with Crippen molar-refractivity contribution in [1.82, 2.24) is 10.3 Å². The van der Waals surface area contributed by atoms with Gasteiger partial charge in [-0.15, -0.1) is 5.10 Å². The molecule has 2 aromatic carbocycles. The predicted molar refractivity (Wildman–Crippen MR) is 112 cm³/mol. The standard InChI is InChI=1S/C19H17BrN4O3S/c1-26-14-8-11(12(20)9-15(14)27-2)17-21-13-7-5-4-6-10(13)16-18(25)22-19(28-3)23-24(16)17/h4-9,17H,1-3H3,(H,22,23,25)/t17-/m0/s1. The van der Waals surface area contributed by atoms with Crippen molar-refractivity contribution >= 4 is 44.5 Å². The summed E-state index contributed by atoms with van der Waals surface area (Å²) in [4.78, 5) is 17.7. The van der Waals surface area contributed by atoms with Crippen molar-refractivity contribution in [3.8, 4) is 11.5 Å². The molecule has 28 heavy (non-hydrogen) atoms. The van der Waals surface area contributed by atoms with Crippen LogP contribution in [0, 0.1) is 0 Å². The monoisotopic (exact) mass is 460 g/mol. The van der Waals surface area contributed by atoms with E-state index in [-0.39, 0.29) is 5.91 Å². The lowest BCUT2D eigenvalue weighted by Crippen LogP contribution is -2.50. The van der Waals surface area contributed by atoms with Gasteiger partial charge in [-0.1, -0.05) is 45.9 Å². The summed E-state index contributed by atoms with van der Waals surface area (Å²) in [7, 11) is 3.17. The van der Waals surface area contributed by atoms with Gasteiger partial charge in [0.05, 0.1) is 19.6 Å². The zero-order valence-electron chi connectivity index (χ0n) is 15.4. The molecule has 1 N–H and O–H groups in total. The second-order valence-electron chi connectivity index (χ2n) is 6.01. The number of benzene rings is 2. The molecule has 9 heteroatoms. The van der Waals surface area contributed by atoms with E-state index in [0.717, 1.165) is 20.6 Å². The number of para-hydroxylation sites is 1. The molecule has 0 unspecified atom stereocenters. The number of fused-ring (bicyclic) bond motifs is 2. The summed E-state index contributed by atoms with van der Waals surface area (Å²) < 4.78 is 11.6. The summed E-state index contributed by atoms with van der Waals surface area (Å²) in [6, 6.07) is 11.2. The molecule has 0 bridgehead atoms. The maximum Gasteiger partial charge on any atom is 0.276 e. The number of amidine groups is 1. The topological polar surface area (TPSA) is 75.5 Å². The van der Waals surface area contributed by atoms with E-state index < -0.39 is 6.17 Å². The van der Waals surface area contributed by atoms with E-state index in [2.05, 4.69) is 26.3 Å². The van der Waals surface area contributed by atoms with Gasteiger partial charge in [0, 0.05) is 15.3 Å². The molecule has 2 aromatic rings. The first-order valence-electron chi connectivity index (χ1n) is 8.39. The highest BCUT2D eigenvalue weighted by atomic mass is 79.9. The van der Waals surface area contributed by atoms with E-state index >= 15 is 0 Å². The van der Waals surface area contributed by atoms with Gasteiger partial charge in [0.15, 0.2) is 22.8 Å². The SMILES string of the molecule is COc1cc(Br)c([C@H]2N=c3ccccc3=C3C(=O)NC(SC)=NN32)cc1OC. The lowest BCUT2D eigenvalue weighted by Gasteiger charge is -2.34. The molecule has 2 heterocycles. The van der Waals surface area contributed by atoms with Crippen LogP contribution in [0.25, 0.3) is 5.70 Å².